The Balaban J connectivity index is 2.23. The zero-order valence-corrected chi connectivity index (χ0v) is 13.2. The first-order valence-electron chi connectivity index (χ1n) is 5.60. The van der Waals surface area contributed by atoms with E-state index in [1.807, 2.05) is 19.1 Å². The molecule has 0 spiro atoms. The highest BCUT2D eigenvalue weighted by Crippen LogP contribution is 2.32. The van der Waals surface area contributed by atoms with E-state index in [-0.39, 0.29) is 17.2 Å². The zero-order chi connectivity index (χ0) is 14.0. The molecule has 0 bridgehead atoms. The molecule has 0 aliphatic carbocycles. The Bertz CT molecular complexity index is 576. The van der Waals surface area contributed by atoms with Gasteiger partial charge in [-0.3, -0.25) is 0 Å². The molecule has 2 rings (SSSR count). The normalized spacial score (nSPS) is 14.2. The van der Waals surface area contributed by atoms with Crippen LogP contribution in [0.15, 0.2) is 34.1 Å². The average molecular weight is 365 g/mol. The van der Waals surface area contributed by atoms with Crippen LogP contribution >= 0.6 is 38.9 Å². The van der Waals surface area contributed by atoms with E-state index >= 15 is 0 Å². The van der Waals surface area contributed by atoms with Crippen molar-refractivity contribution >= 4 is 38.9 Å². The first kappa shape index (κ1) is 14.8. The summed E-state index contributed by atoms with van der Waals surface area (Å²) in [5, 5.41) is 0.0727. The maximum atomic E-state index is 13.4. The number of nitrogens with two attached hydrogens (primary N) is 1. The number of hydrogen-bond acceptors (Lipinski definition) is 3. The van der Waals surface area contributed by atoms with Gasteiger partial charge in [-0.05, 0) is 47.1 Å². The fourth-order valence-electron chi connectivity index (χ4n) is 1.60. The largest absolute Gasteiger partial charge is 0.483 e. The molecule has 0 aliphatic heterocycles. The molecule has 2 aromatic rings. The van der Waals surface area contributed by atoms with E-state index in [2.05, 4.69) is 15.9 Å². The van der Waals surface area contributed by atoms with Crippen molar-refractivity contribution in [2.24, 2.45) is 5.73 Å². The van der Waals surface area contributed by atoms with Crippen LogP contribution in [0, 0.1) is 5.82 Å². The number of hydrogen-bond donors (Lipinski definition) is 1. The summed E-state index contributed by atoms with van der Waals surface area (Å²) < 4.78 is 20.2. The summed E-state index contributed by atoms with van der Waals surface area (Å²) >= 11 is 10.6. The number of halogens is 3. The van der Waals surface area contributed by atoms with Crippen LogP contribution in [0.1, 0.15) is 17.9 Å². The molecule has 0 radical (unpaired) electrons. The molecular formula is C13H12BrClFNOS. The van der Waals surface area contributed by atoms with Gasteiger partial charge in [-0.15, -0.1) is 11.3 Å². The van der Waals surface area contributed by atoms with E-state index in [9.17, 15) is 4.39 Å². The van der Waals surface area contributed by atoms with E-state index in [1.54, 1.807) is 17.4 Å². The molecular weight excluding hydrogens is 353 g/mol. The monoisotopic (exact) mass is 363 g/mol. The van der Waals surface area contributed by atoms with Gasteiger partial charge in [0.05, 0.1) is 8.81 Å². The van der Waals surface area contributed by atoms with Crippen LogP contribution in [-0.4, -0.2) is 6.04 Å². The lowest BCUT2D eigenvalue weighted by molar-refractivity contribution is 0.183. The van der Waals surface area contributed by atoms with Gasteiger partial charge in [0.15, 0.2) is 0 Å². The third kappa shape index (κ3) is 3.69. The Morgan fingerprint density at radius 1 is 1.37 bits per heavy atom. The van der Waals surface area contributed by atoms with Crippen LogP contribution in [-0.2, 0) is 0 Å². The van der Waals surface area contributed by atoms with E-state index < -0.39 is 5.82 Å². The van der Waals surface area contributed by atoms with E-state index in [0.29, 0.717) is 5.75 Å². The summed E-state index contributed by atoms with van der Waals surface area (Å²) in [5.41, 5.74) is 5.94. The summed E-state index contributed by atoms with van der Waals surface area (Å²) in [6, 6.07) is 8.01. The van der Waals surface area contributed by atoms with Crippen LogP contribution in [0.3, 0.4) is 0 Å². The first-order chi connectivity index (χ1) is 8.97. The highest BCUT2D eigenvalue weighted by Gasteiger charge is 2.20. The van der Waals surface area contributed by atoms with Crippen LogP contribution in [0.4, 0.5) is 4.39 Å². The van der Waals surface area contributed by atoms with Gasteiger partial charge < -0.3 is 10.5 Å². The van der Waals surface area contributed by atoms with Gasteiger partial charge in [0.1, 0.15) is 17.7 Å². The van der Waals surface area contributed by atoms with Crippen LogP contribution in [0.2, 0.25) is 5.02 Å². The molecule has 0 fully saturated rings. The lowest BCUT2D eigenvalue weighted by atomic mass is 10.1. The zero-order valence-electron chi connectivity index (χ0n) is 10.1. The Labute approximate surface area is 128 Å². The van der Waals surface area contributed by atoms with E-state index in [4.69, 9.17) is 22.1 Å². The van der Waals surface area contributed by atoms with E-state index in [1.165, 1.54) is 12.1 Å². The van der Waals surface area contributed by atoms with Gasteiger partial charge in [-0.2, -0.15) is 0 Å². The van der Waals surface area contributed by atoms with Gasteiger partial charge in [0, 0.05) is 17.0 Å². The molecule has 1 aromatic heterocycles. The maximum absolute atomic E-state index is 13.4. The number of benzene rings is 1. The minimum atomic E-state index is -0.505. The lowest BCUT2D eigenvalue weighted by Crippen LogP contribution is -2.28. The second kappa shape index (κ2) is 6.22. The molecule has 1 aromatic carbocycles. The van der Waals surface area contributed by atoms with Crippen molar-refractivity contribution in [3.05, 3.63) is 49.8 Å². The minimum absolute atomic E-state index is 0.0727. The highest BCUT2D eigenvalue weighted by atomic mass is 79.9. The minimum Gasteiger partial charge on any atom is -0.483 e. The fourth-order valence-corrected chi connectivity index (χ4v) is 3.29. The molecule has 2 unspecified atom stereocenters. The highest BCUT2D eigenvalue weighted by molar-refractivity contribution is 9.11. The predicted octanol–water partition coefficient (Wildman–Crippen LogP) is 4.77. The SMILES string of the molecule is CC(N)C(Oc1ccc(Cl)c(F)c1)c1ccc(Br)s1. The third-order valence-corrected chi connectivity index (χ3v) is 4.50. The topological polar surface area (TPSA) is 35.2 Å². The molecule has 2 N–H and O–H groups in total. The summed E-state index contributed by atoms with van der Waals surface area (Å²) in [4.78, 5) is 0.984. The molecule has 1 heterocycles. The van der Waals surface area contributed by atoms with Crippen LogP contribution in [0.5, 0.6) is 5.75 Å². The second-order valence-corrected chi connectivity index (χ2v) is 7.02. The molecule has 0 saturated heterocycles. The summed E-state index contributed by atoms with van der Waals surface area (Å²) in [5.74, 6) is -0.0938. The average Bonchev–Trinajstić information content (AvgIpc) is 2.76. The Morgan fingerprint density at radius 3 is 2.63 bits per heavy atom. The number of ether oxygens (including phenoxy) is 1. The summed E-state index contributed by atoms with van der Waals surface area (Å²) in [7, 11) is 0. The molecule has 19 heavy (non-hydrogen) atoms. The Hall–Kier alpha value is -0.620. The van der Waals surface area contributed by atoms with Gasteiger partial charge in [0.25, 0.3) is 0 Å². The van der Waals surface area contributed by atoms with Crippen molar-refractivity contribution in [2.75, 3.05) is 0 Å². The van der Waals surface area contributed by atoms with Crippen molar-refractivity contribution in [3.8, 4) is 5.75 Å². The van der Waals surface area contributed by atoms with E-state index in [0.717, 1.165) is 8.66 Å². The molecule has 0 saturated carbocycles. The van der Waals surface area contributed by atoms with Gasteiger partial charge in [0.2, 0.25) is 0 Å². The number of thiophene rings is 1. The standard InChI is InChI=1S/C13H12BrClFNOS/c1-7(17)13(11-4-5-12(14)19-11)18-8-2-3-9(15)10(16)6-8/h2-7,13H,17H2,1H3. The van der Waals surface area contributed by atoms with Crippen molar-refractivity contribution in [3.63, 3.8) is 0 Å². The van der Waals surface area contributed by atoms with Gasteiger partial charge >= 0.3 is 0 Å². The Kier molecular flexibility index (Phi) is 4.84. The molecule has 2 atom stereocenters. The van der Waals surface area contributed by atoms with Gasteiger partial charge in [-0.25, -0.2) is 4.39 Å². The van der Waals surface area contributed by atoms with Crippen molar-refractivity contribution in [1.29, 1.82) is 0 Å². The first-order valence-corrected chi connectivity index (χ1v) is 7.58. The molecule has 102 valence electrons. The van der Waals surface area contributed by atoms with Crippen molar-refractivity contribution in [2.45, 2.75) is 19.1 Å². The lowest BCUT2D eigenvalue weighted by Gasteiger charge is -2.21. The quantitative estimate of drug-likeness (QED) is 0.848. The smallest absolute Gasteiger partial charge is 0.148 e. The molecule has 0 aliphatic rings. The summed E-state index contributed by atoms with van der Waals surface area (Å²) in [6.45, 7) is 1.85. The second-order valence-electron chi connectivity index (χ2n) is 4.12. The predicted molar refractivity (Wildman–Crippen MR) is 80.4 cm³/mol. The molecule has 6 heteroatoms. The Morgan fingerprint density at radius 2 is 2.11 bits per heavy atom. The fraction of sp³-hybridized carbons (Fsp3) is 0.231. The molecule has 2 nitrogen and oxygen atoms in total. The van der Waals surface area contributed by atoms with Crippen LogP contribution in [0.25, 0.3) is 0 Å². The maximum Gasteiger partial charge on any atom is 0.148 e. The van der Waals surface area contributed by atoms with Crippen LogP contribution < -0.4 is 10.5 Å². The third-order valence-electron chi connectivity index (χ3n) is 2.51. The van der Waals surface area contributed by atoms with Crippen molar-refractivity contribution in [1.82, 2.24) is 0 Å². The van der Waals surface area contributed by atoms with Gasteiger partial charge in [-0.1, -0.05) is 11.6 Å². The van der Waals surface area contributed by atoms with Crippen molar-refractivity contribution < 1.29 is 9.13 Å². The number of rotatable bonds is 4. The summed E-state index contributed by atoms with van der Waals surface area (Å²) in [6.07, 6.45) is -0.322. The molecule has 0 amide bonds.